The molecular weight excluding hydrogens is 250 g/mol. The van der Waals surface area contributed by atoms with E-state index in [0.717, 1.165) is 19.4 Å². The Morgan fingerprint density at radius 3 is 2.50 bits per heavy atom. The van der Waals surface area contributed by atoms with Crippen LogP contribution in [0, 0.1) is 5.92 Å². The molecule has 0 aromatic carbocycles. The Balaban J connectivity index is 3.09. The maximum Gasteiger partial charge on any atom is 0.257 e. The Bertz CT molecular complexity index is 427. The van der Waals surface area contributed by atoms with Gasteiger partial charge >= 0.3 is 0 Å². The highest BCUT2D eigenvalue weighted by molar-refractivity contribution is 5.98. The maximum atomic E-state index is 12.9. The van der Waals surface area contributed by atoms with E-state index in [1.165, 1.54) is 0 Å². The quantitative estimate of drug-likeness (QED) is 0.830. The molecule has 0 aliphatic rings. The second-order valence-electron chi connectivity index (χ2n) is 5.47. The molecule has 1 aromatic rings. The minimum atomic E-state index is 0.0739. The van der Waals surface area contributed by atoms with Crippen molar-refractivity contribution in [2.45, 2.75) is 46.6 Å². The van der Waals surface area contributed by atoms with E-state index >= 15 is 0 Å². The highest BCUT2D eigenvalue weighted by Gasteiger charge is 2.25. The first-order chi connectivity index (χ1) is 9.54. The van der Waals surface area contributed by atoms with Crippen molar-refractivity contribution in [2.75, 3.05) is 18.9 Å². The van der Waals surface area contributed by atoms with Crippen LogP contribution >= 0.6 is 0 Å². The van der Waals surface area contributed by atoms with Crippen LogP contribution in [0.1, 0.15) is 50.9 Å². The van der Waals surface area contributed by atoms with Crippen LogP contribution in [-0.4, -0.2) is 35.4 Å². The molecule has 1 aromatic heterocycles. The maximum absolute atomic E-state index is 12.9. The minimum absolute atomic E-state index is 0.0739. The second kappa shape index (κ2) is 7.88. The Kier molecular flexibility index (Phi) is 6.49. The predicted molar refractivity (Wildman–Crippen MR) is 84.0 cm³/mol. The number of carbonyl (C=O) groups is 1. The van der Waals surface area contributed by atoms with Gasteiger partial charge in [0, 0.05) is 25.8 Å². The highest BCUT2D eigenvalue weighted by atomic mass is 16.2. The predicted octanol–water partition coefficient (Wildman–Crippen LogP) is 3.41. The van der Waals surface area contributed by atoms with E-state index in [0.29, 0.717) is 17.3 Å². The van der Waals surface area contributed by atoms with Crippen LogP contribution in [0.4, 0.5) is 5.82 Å². The molecule has 1 rings (SSSR count). The number of carbonyl (C=O) groups excluding carboxylic acids is 1. The number of nitrogens with zero attached hydrogens (tertiary/aromatic N) is 2. The van der Waals surface area contributed by atoms with Gasteiger partial charge in [-0.2, -0.15) is 0 Å². The van der Waals surface area contributed by atoms with Crippen LogP contribution < -0.4 is 5.32 Å². The van der Waals surface area contributed by atoms with Crippen LogP contribution in [0.25, 0.3) is 0 Å². The first kappa shape index (κ1) is 16.5. The van der Waals surface area contributed by atoms with Gasteiger partial charge in [0.05, 0.1) is 5.56 Å². The standard InChI is InChI=1S/C16H27N3O/c1-6-13(7-2)19(11-12(3)4)16(20)14-9-8-10-18-15(14)17-5/h8-10,12-13H,6-7,11H2,1-5H3,(H,17,18). The first-order valence-corrected chi connectivity index (χ1v) is 7.48. The lowest BCUT2D eigenvalue weighted by atomic mass is 10.1. The summed E-state index contributed by atoms with van der Waals surface area (Å²) in [5.74, 6) is 1.18. The molecule has 0 atom stereocenters. The molecule has 0 aliphatic carbocycles. The number of anilines is 1. The topological polar surface area (TPSA) is 45.2 Å². The Hall–Kier alpha value is -1.58. The Morgan fingerprint density at radius 1 is 1.35 bits per heavy atom. The molecule has 1 N–H and O–H groups in total. The van der Waals surface area contributed by atoms with Crippen molar-refractivity contribution in [3.8, 4) is 0 Å². The summed E-state index contributed by atoms with van der Waals surface area (Å²) in [5.41, 5.74) is 0.655. The van der Waals surface area contributed by atoms with E-state index in [2.05, 4.69) is 38.0 Å². The van der Waals surface area contributed by atoms with E-state index in [4.69, 9.17) is 0 Å². The van der Waals surface area contributed by atoms with E-state index < -0.39 is 0 Å². The molecule has 1 amide bonds. The normalized spacial score (nSPS) is 10.9. The largest absolute Gasteiger partial charge is 0.372 e. The summed E-state index contributed by atoms with van der Waals surface area (Å²) in [4.78, 5) is 19.1. The van der Waals surface area contributed by atoms with E-state index in [1.54, 1.807) is 13.2 Å². The summed E-state index contributed by atoms with van der Waals surface area (Å²) < 4.78 is 0. The van der Waals surface area contributed by atoms with Gasteiger partial charge in [-0.3, -0.25) is 4.79 Å². The van der Waals surface area contributed by atoms with Crippen LogP contribution in [0.2, 0.25) is 0 Å². The van der Waals surface area contributed by atoms with E-state index in [1.807, 2.05) is 17.0 Å². The van der Waals surface area contributed by atoms with Gasteiger partial charge in [-0.15, -0.1) is 0 Å². The number of nitrogens with one attached hydrogen (secondary N) is 1. The molecule has 0 fully saturated rings. The fraction of sp³-hybridized carbons (Fsp3) is 0.625. The molecule has 112 valence electrons. The summed E-state index contributed by atoms with van der Waals surface area (Å²) in [6.07, 6.45) is 3.65. The lowest BCUT2D eigenvalue weighted by Crippen LogP contribution is -2.42. The fourth-order valence-corrected chi connectivity index (χ4v) is 2.45. The molecule has 4 nitrogen and oxygen atoms in total. The van der Waals surface area contributed by atoms with Crippen LogP contribution in [0.5, 0.6) is 0 Å². The van der Waals surface area contributed by atoms with E-state index in [9.17, 15) is 4.79 Å². The molecule has 0 radical (unpaired) electrons. The summed E-state index contributed by atoms with van der Waals surface area (Å²) >= 11 is 0. The number of hydrogen-bond acceptors (Lipinski definition) is 3. The van der Waals surface area contributed by atoms with Gasteiger partial charge in [-0.25, -0.2) is 4.98 Å². The van der Waals surface area contributed by atoms with Crippen molar-refractivity contribution in [3.63, 3.8) is 0 Å². The summed E-state index contributed by atoms with van der Waals surface area (Å²) in [7, 11) is 1.79. The van der Waals surface area contributed by atoms with Crippen molar-refractivity contribution in [3.05, 3.63) is 23.9 Å². The van der Waals surface area contributed by atoms with Crippen LogP contribution in [0.15, 0.2) is 18.3 Å². The summed E-state index contributed by atoms with van der Waals surface area (Å²) in [5, 5.41) is 3.00. The molecule has 0 unspecified atom stereocenters. The summed E-state index contributed by atoms with van der Waals surface area (Å²) in [6, 6.07) is 3.94. The molecular formula is C16H27N3O. The Morgan fingerprint density at radius 2 is 2.00 bits per heavy atom. The third kappa shape index (κ3) is 3.95. The number of rotatable bonds is 7. The first-order valence-electron chi connectivity index (χ1n) is 7.48. The van der Waals surface area contributed by atoms with Crippen molar-refractivity contribution in [1.29, 1.82) is 0 Å². The SMILES string of the molecule is CCC(CC)N(CC(C)C)C(=O)c1cccnc1NC. The van der Waals surface area contributed by atoms with Crippen molar-refractivity contribution in [1.82, 2.24) is 9.88 Å². The van der Waals surface area contributed by atoms with E-state index in [-0.39, 0.29) is 11.9 Å². The summed E-state index contributed by atoms with van der Waals surface area (Å²) in [6.45, 7) is 9.34. The lowest BCUT2D eigenvalue weighted by Gasteiger charge is -2.32. The van der Waals surface area contributed by atoms with Crippen molar-refractivity contribution >= 4 is 11.7 Å². The Labute approximate surface area is 122 Å². The molecule has 0 bridgehead atoms. The third-order valence-corrected chi connectivity index (χ3v) is 3.48. The van der Waals surface area contributed by atoms with Gasteiger partial charge in [0.1, 0.15) is 5.82 Å². The second-order valence-corrected chi connectivity index (χ2v) is 5.47. The third-order valence-electron chi connectivity index (χ3n) is 3.48. The van der Waals surface area contributed by atoms with Gasteiger partial charge in [0.2, 0.25) is 0 Å². The van der Waals surface area contributed by atoms with Gasteiger partial charge in [-0.05, 0) is 30.9 Å². The number of aromatic nitrogens is 1. The lowest BCUT2D eigenvalue weighted by molar-refractivity contribution is 0.0641. The van der Waals surface area contributed by atoms with Crippen LogP contribution in [-0.2, 0) is 0 Å². The molecule has 4 heteroatoms. The minimum Gasteiger partial charge on any atom is -0.372 e. The smallest absolute Gasteiger partial charge is 0.257 e. The molecule has 0 saturated carbocycles. The highest BCUT2D eigenvalue weighted by Crippen LogP contribution is 2.19. The van der Waals surface area contributed by atoms with Crippen molar-refractivity contribution in [2.24, 2.45) is 5.92 Å². The van der Waals surface area contributed by atoms with Gasteiger partial charge in [0.15, 0.2) is 0 Å². The van der Waals surface area contributed by atoms with Crippen LogP contribution in [0.3, 0.4) is 0 Å². The molecule has 0 aliphatic heterocycles. The zero-order valence-corrected chi connectivity index (χ0v) is 13.3. The molecule has 20 heavy (non-hydrogen) atoms. The molecule has 0 spiro atoms. The molecule has 1 heterocycles. The fourth-order valence-electron chi connectivity index (χ4n) is 2.45. The van der Waals surface area contributed by atoms with Crippen molar-refractivity contribution < 1.29 is 4.79 Å². The average Bonchev–Trinajstić information content (AvgIpc) is 2.46. The van der Waals surface area contributed by atoms with Gasteiger partial charge in [0.25, 0.3) is 5.91 Å². The monoisotopic (exact) mass is 277 g/mol. The molecule has 0 saturated heterocycles. The number of pyridine rings is 1. The average molecular weight is 277 g/mol. The zero-order valence-electron chi connectivity index (χ0n) is 13.3. The number of amides is 1. The zero-order chi connectivity index (χ0) is 15.1. The number of hydrogen-bond donors (Lipinski definition) is 1. The van der Waals surface area contributed by atoms with Gasteiger partial charge < -0.3 is 10.2 Å². The van der Waals surface area contributed by atoms with Gasteiger partial charge in [-0.1, -0.05) is 27.7 Å².